The van der Waals surface area contributed by atoms with Crippen LogP contribution in [0.1, 0.15) is 57.6 Å². The van der Waals surface area contributed by atoms with Gasteiger partial charge in [-0.2, -0.15) is 0 Å². The Morgan fingerprint density at radius 2 is 1.02 bits per heavy atom. The fourth-order valence-corrected chi connectivity index (χ4v) is 10.4. The Labute approximate surface area is 269 Å². The smallest absolute Gasteiger partial charge is 0.306 e. The van der Waals surface area contributed by atoms with Crippen molar-refractivity contribution in [3.63, 3.8) is 0 Å². The summed E-state index contributed by atoms with van der Waals surface area (Å²) >= 11 is 0. The zero-order chi connectivity index (χ0) is 32.0. The molecule has 0 bridgehead atoms. The summed E-state index contributed by atoms with van der Waals surface area (Å²) in [6.07, 6.45) is 2.78. The molecule has 0 aromatic heterocycles. The molecule has 0 spiro atoms. The van der Waals surface area contributed by atoms with Gasteiger partial charge in [-0.25, -0.2) is 0 Å². The van der Waals surface area contributed by atoms with Gasteiger partial charge in [-0.15, -0.1) is 0 Å². The molecule has 1 atom stereocenters. The average Bonchev–Trinajstić information content (AvgIpc) is 3.05. The summed E-state index contributed by atoms with van der Waals surface area (Å²) < 4.78 is 18.7. The number of ether oxygens (including phenoxy) is 2. The second-order valence-corrected chi connectivity index (χ2v) is 16.8. The van der Waals surface area contributed by atoms with E-state index in [-0.39, 0.29) is 36.6 Å². The van der Waals surface area contributed by atoms with Gasteiger partial charge in [0.25, 0.3) is 8.32 Å². The number of hydrogen-bond donors (Lipinski definition) is 0. The van der Waals surface area contributed by atoms with Crippen LogP contribution in [0.5, 0.6) is 0 Å². The predicted octanol–water partition coefficient (Wildman–Crippen LogP) is 7.06. The second kappa shape index (κ2) is 16.9. The largest absolute Gasteiger partial charge is 0.462 e. The molecule has 0 amide bonds. The quantitative estimate of drug-likeness (QED) is 0.0989. The van der Waals surface area contributed by atoms with Crippen molar-refractivity contribution in [3.8, 4) is 0 Å². The van der Waals surface area contributed by atoms with Gasteiger partial charge in [0, 0.05) is 12.8 Å². The van der Waals surface area contributed by atoms with E-state index in [9.17, 15) is 9.59 Å². The normalized spacial score (nSPS) is 12.3. The lowest BCUT2D eigenvalue weighted by Gasteiger charge is -2.43. The molecule has 1 unspecified atom stereocenters. The molecule has 0 aliphatic rings. The van der Waals surface area contributed by atoms with E-state index < -0.39 is 14.4 Å². The second-order valence-electron chi connectivity index (χ2n) is 12.4. The predicted molar refractivity (Wildman–Crippen MR) is 183 cm³/mol. The topological polar surface area (TPSA) is 61.8 Å². The van der Waals surface area contributed by atoms with Crippen LogP contribution in [-0.2, 0) is 36.3 Å². The number of carbonyl (C=O) groups is 2. The molecule has 0 aliphatic heterocycles. The molecule has 0 saturated carbocycles. The van der Waals surface area contributed by atoms with E-state index in [4.69, 9.17) is 13.9 Å². The Kier molecular flexibility index (Phi) is 12.7. The van der Waals surface area contributed by atoms with E-state index in [0.29, 0.717) is 19.3 Å². The third-order valence-corrected chi connectivity index (χ3v) is 13.0. The summed E-state index contributed by atoms with van der Waals surface area (Å²) in [4.78, 5) is 25.8. The van der Waals surface area contributed by atoms with Gasteiger partial charge in [-0.05, 0) is 52.2 Å². The minimum Gasteiger partial charge on any atom is -0.462 e. The molecule has 0 N–H and O–H groups in total. The Morgan fingerprint density at radius 1 is 0.600 bits per heavy atom. The molecule has 0 radical (unpaired) electrons. The Balaban J connectivity index is 1.47. The Morgan fingerprint density at radius 3 is 1.47 bits per heavy atom. The highest BCUT2D eigenvalue weighted by Gasteiger charge is 2.50. The van der Waals surface area contributed by atoms with Gasteiger partial charge in [-0.1, -0.05) is 142 Å². The van der Waals surface area contributed by atoms with E-state index in [0.717, 1.165) is 23.2 Å². The Hall–Kier alpha value is -4.00. The summed E-state index contributed by atoms with van der Waals surface area (Å²) in [6, 6.07) is 40.9. The van der Waals surface area contributed by atoms with Crippen LogP contribution in [0, 0.1) is 0 Å². The van der Waals surface area contributed by atoms with E-state index in [1.807, 2.05) is 72.8 Å². The van der Waals surface area contributed by atoms with E-state index in [2.05, 4.69) is 69.3 Å². The highest BCUT2D eigenvalue weighted by atomic mass is 28.4. The summed E-state index contributed by atoms with van der Waals surface area (Å²) in [5, 5.41) is 2.03. The van der Waals surface area contributed by atoms with Crippen LogP contribution in [0.3, 0.4) is 0 Å². The van der Waals surface area contributed by atoms with E-state index in [1.165, 1.54) is 11.1 Å². The van der Waals surface area contributed by atoms with Crippen molar-refractivity contribution < 1.29 is 23.5 Å². The first-order valence-corrected chi connectivity index (χ1v) is 17.9. The summed E-state index contributed by atoms with van der Waals surface area (Å²) in [5.74, 6) is -0.622. The Bertz CT molecular complexity index is 1400. The molecule has 4 aromatic rings. The van der Waals surface area contributed by atoms with Crippen molar-refractivity contribution in [3.05, 3.63) is 132 Å². The molecule has 0 heterocycles. The molecule has 0 saturated heterocycles. The van der Waals surface area contributed by atoms with Crippen molar-refractivity contribution in [2.24, 2.45) is 0 Å². The first-order chi connectivity index (χ1) is 21.8. The highest BCUT2D eigenvalue weighted by molar-refractivity contribution is 6.99. The molecular weight excluding hydrogens is 577 g/mol. The molecule has 45 heavy (non-hydrogen) atoms. The molecule has 0 aliphatic carbocycles. The maximum Gasteiger partial charge on any atom is 0.306 e. The molecule has 4 rings (SSSR count). The van der Waals surface area contributed by atoms with Crippen LogP contribution >= 0.6 is 0 Å². The molecule has 0 fully saturated rings. The average molecular weight is 623 g/mol. The van der Waals surface area contributed by atoms with Crippen LogP contribution in [0.2, 0.25) is 5.04 Å². The van der Waals surface area contributed by atoms with Gasteiger partial charge in [-0.3, -0.25) is 9.59 Å². The summed E-state index contributed by atoms with van der Waals surface area (Å²) in [5.41, 5.74) is 2.37. The van der Waals surface area contributed by atoms with Crippen LogP contribution in [0.4, 0.5) is 0 Å². The van der Waals surface area contributed by atoms with Crippen molar-refractivity contribution in [1.29, 1.82) is 0 Å². The van der Waals surface area contributed by atoms with Gasteiger partial charge in [0.1, 0.15) is 6.61 Å². The first kappa shape index (κ1) is 33.9. The molecule has 236 valence electrons. The van der Waals surface area contributed by atoms with Crippen molar-refractivity contribution in [1.82, 2.24) is 0 Å². The van der Waals surface area contributed by atoms with Gasteiger partial charge in [0.05, 0.1) is 6.61 Å². The standard InChI is InChI=1S/C39H46O5Si/c1-39(2,3)45(35-24-12-6-13-25-35,36-26-14-7-15-27-36)43-31-34(44-38(41)29-17-23-33-20-10-5-11-21-33)30-42-37(40)28-16-22-32-18-8-4-9-19-32/h4-15,18-21,24-27,34H,16-17,22-23,28-31H2,1-3H3. The third-order valence-electron chi connectivity index (χ3n) is 8.01. The third kappa shape index (κ3) is 10.00. The lowest BCUT2D eigenvalue weighted by atomic mass is 10.1. The fraction of sp³-hybridized carbons (Fsp3) is 0.333. The fourth-order valence-electron chi connectivity index (χ4n) is 5.76. The lowest BCUT2D eigenvalue weighted by Crippen LogP contribution is -2.67. The highest BCUT2D eigenvalue weighted by Crippen LogP contribution is 2.37. The first-order valence-electron chi connectivity index (χ1n) is 16.0. The minimum atomic E-state index is -2.88. The van der Waals surface area contributed by atoms with Crippen molar-refractivity contribution >= 4 is 30.6 Å². The van der Waals surface area contributed by atoms with Crippen LogP contribution in [0.15, 0.2) is 121 Å². The number of benzene rings is 4. The van der Waals surface area contributed by atoms with E-state index in [1.54, 1.807) is 0 Å². The number of aryl methyl sites for hydroxylation is 2. The van der Waals surface area contributed by atoms with Crippen LogP contribution in [-0.4, -0.2) is 39.6 Å². The lowest BCUT2D eigenvalue weighted by molar-refractivity contribution is -0.161. The van der Waals surface area contributed by atoms with Gasteiger partial charge in [0.2, 0.25) is 0 Å². The van der Waals surface area contributed by atoms with Gasteiger partial charge < -0.3 is 13.9 Å². The summed E-state index contributed by atoms with van der Waals surface area (Å²) in [7, 11) is -2.88. The number of hydrogen-bond acceptors (Lipinski definition) is 5. The summed E-state index contributed by atoms with van der Waals surface area (Å²) in [6.45, 7) is 6.69. The van der Waals surface area contributed by atoms with E-state index >= 15 is 0 Å². The zero-order valence-corrected chi connectivity index (χ0v) is 27.8. The van der Waals surface area contributed by atoms with Gasteiger partial charge >= 0.3 is 11.9 Å². The zero-order valence-electron chi connectivity index (χ0n) is 26.8. The minimum absolute atomic E-state index is 0.0488. The number of carbonyl (C=O) groups excluding carboxylic acids is 2. The maximum atomic E-state index is 13.1. The molecule has 4 aromatic carbocycles. The van der Waals surface area contributed by atoms with Crippen LogP contribution < -0.4 is 10.4 Å². The van der Waals surface area contributed by atoms with Crippen molar-refractivity contribution in [2.45, 2.75) is 70.4 Å². The van der Waals surface area contributed by atoms with Crippen molar-refractivity contribution in [2.75, 3.05) is 13.2 Å². The number of esters is 2. The maximum absolute atomic E-state index is 13.1. The SMILES string of the molecule is CC(C)(C)[Si](OCC(COC(=O)CCCc1ccccc1)OC(=O)CCCc1ccccc1)(c1ccccc1)c1ccccc1. The molecule has 6 heteroatoms. The molecular formula is C39H46O5Si. The number of rotatable bonds is 16. The molecule has 5 nitrogen and oxygen atoms in total. The van der Waals surface area contributed by atoms with Crippen LogP contribution in [0.25, 0.3) is 0 Å². The monoisotopic (exact) mass is 622 g/mol. The van der Waals surface area contributed by atoms with Gasteiger partial charge in [0.15, 0.2) is 6.10 Å².